The third-order valence-electron chi connectivity index (χ3n) is 6.97. The predicted molar refractivity (Wildman–Crippen MR) is 128 cm³/mol. The minimum Gasteiger partial charge on any atom is -0.492 e. The molecule has 0 bridgehead atoms. The molecule has 35 heavy (non-hydrogen) atoms. The summed E-state index contributed by atoms with van der Waals surface area (Å²) in [6, 6.07) is 12.9. The van der Waals surface area contributed by atoms with E-state index in [0.29, 0.717) is 29.7 Å². The van der Waals surface area contributed by atoms with Gasteiger partial charge in [0.15, 0.2) is 5.82 Å². The first-order valence-corrected chi connectivity index (χ1v) is 12.1. The molecule has 5 heterocycles. The topological polar surface area (TPSA) is 72.6 Å². The zero-order valence-corrected chi connectivity index (χ0v) is 19.3. The monoisotopic (exact) mass is 471 g/mol. The van der Waals surface area contributed by atoms with Crippen molar-refractivity contribution < 1.29 is 13.9 Å². The van der Waals surface area contributed by atoms with Crippen molar-refractivity contribution >= 4 is 11.6 Å². The quantitative estimate of drug-likeness (QED) is 0.451. The van der Waals surface area contributed by atoms with Gasteiger partial charge in [-0.1, -0.05) is 18.2 Å². The molecule has 1 saturated heterocycles. The van der Waals surface area contributed by atoms with Gasteiger partial charge < -0.3 is 9.64 Å². The molecule has 0 radical (unpaired) electrons. The molecule has 2 aliphatic heterocycles. The number of para-hydroxylation sites is 1. The van der Waals surface area contributed by atoms with Crippen LogP contribution >= 0.6 is 0 Å². The Hall–Kier alpha value is -3.81. The van der Waals surface area contributed by atoms with E-state index in [-0.39, 0.29) is 17.6 Å². The summed E-state index contributed by atoms with van der Waals surface area (Å²) in [5.74, 6) is 1.44. The molecule has 178 valence electrons. The van der Waals surface area contributed by atoms with Crippen LogP contribution in [0.3, 0.4) is 0 Å². The van der Waals surface area contributed by atoms with Gasteiger partial charge in [-0.25, -0.2) is 19.3 Å². The van der Waals surface area contributed by atoms with Gasteiger partial charge in [0, 0.05) is 31.2 Å². The van der Waals surface area contributed by atoms with Gasteiger partial charge in [0.05, 0.1) is 12.1 Å². The number of hydrogen-bond acceptors (Lipinski definition) is 5. The van der Waals surface area contributed by atoms with Crippen LogP contribution in [0.4, 0.5) is 4.39 Å². The first-order chi connectivity index (χ1) is 17.1. The lowest BCUT2D eigenvalue weighted by Gasteiger charge is -2.36. The van der Waals surface area contributed by atoms with E-state index in [1.807, 2.05) is 35.2 Å². The highest BCUT2D eigenvalue weighted by atomic mass is 19.1. The second-order valence-corrected chi connectivity index (χ2v) is 9.41. The number of rotatable bonds is 4. The molecule has 7 nitrogen and oxygen atoms in total. The normalized spacial score (nSPS) is 19.9. The maximum atomic E-state index is 13.8. The van der Waals surface area contributed by atoms with Crippen molar-refractivity contribution in [2.75, 3.05) is 19.7 Å². The number of aromatic nitrogens is 4. The van der Waals surface area contributed by atoms with E-state index in [1.54, 1.807) is 22.9 Å². The maximum Gasteiger partial charge on any atom is 0.229 e. The van der Waals surface area contributed by atoms with Gasteiger partial charge in [0.2, 0.25) is 5.91 Å². The summed E-state index contributed by atoms with van der Waals surface area (Å²) in [5, 5.41) is 0. The molecule has 4 aromatic rings. The van der Waals surface area contributed by atoms with Crippen molar-refractivity contribution in [2.45, 2.75) is 25.7 Å². The number of fused-ring (bicyclic) bond motifs is 2. The van der Waals surface area contributed by atoms with Crippen LogP contribution in [0, 0.1) is 17.7 Å². The number of nitrogens with zero attached hydrogens (tertiary/aromatic N) is 5. The van der Waals surface area contributed by atoms with Gasteiger partial charge in [-0.2, -0.15) is 0 Å². The Bertz CT molecular complexity index is 1390. The number of carbonyl (C=O) groups is 1. The van der Waals surface area contributed by atoms with E-state index in [9.17, 15) is 9.18 Å². The number of amides is 1. The van der Waals surface area contributed by atoms with Gasteiger partial charge in [-0.15, -0.1) is 0 Å². The van der Waals surface area contributed by atoms with Gasteiger partial charge in [-0.3, -0.25) is 9.20 Å². The van der Waals surface area contributed by atoms with Gasteiger partial charge in [0.25, 0.3) is 0 Å². The number of likely N-dealkylation sites (tertiary alicyclic amines) is 1. The van der Waals surface area contributed by atoms with E-state index in [4.69, 9.17) is 9.72 Å². The van der Waals surface area contributed by atoms with E-state index in [1.165, 1.54) is 12.3 Å². The van der Waals surface area contributed by atoms with E-state index < -0.39 is 0 Å². The molecule has 1 unspecified atom stereocenters. The van der Waals surface area contributed by atoms with Gasteiger partial charge in [0.1, 0.15) is 29.5 Å². The summed E-state index contributed by atoms with van der Waals surface area (Å²) in [5.41, 5.74) is 3.31. The third kappa shape index (κ3) is 4.36. The highest BCUT2D eigenvalue weighted by molar-refractivity contribution is 5.80. The Labute approximate surface area is 202 Å². The van der Waals surface area contributed by atoms with Crippen LogP contribution in [0.15, 0.2) is 61.1 Å². The van der Waals surface area contributed by atoms with Crippen LogP contribution in [-0.2, 0) is 17.6 Å². The molecule has 0 N–H and O–H groups in total. The van der Waals surface area contributed by atoms with Crippen LogP contribution in [0.5, 0.6) is 5.75 Å². The molecule has 2 atom stereocenters. The number of carbonyl (C=O) groups excluding carboxylic acids is 1. The van der Waals surface area contributed by atoms with E-state index >= 15 is 0 Å². The molecule has 8 heteroatoms. The fourth-order valence-electron chi connectivity index (χ4n) is 5.23. The zero-order chi connectivity index (χ0) is 23.8. The molecule has 0 saturated carbocycles. The SMILES string of the molecule is O=C(C1COc2ccccc2C1)N1CCC[C@@H](Cc2ccnc(-c3cnc4ccc(F)cn34)n2)C1. The highest BCUT2D eigenvalue weighted by Gasteiger charge is 2.32. The van der Waals surface area contributed by atoms with Crippen LogP contribution < -0.4 is 4.74 Å². The number of piperidine rings is 1. The first-order valence-electron chi connectivity index (χ1n) is 12.1. The maximum absolute atomic E-state index is 13.8. The summed E-state index contributed by atoms with van der Waals surface area (Å²) in [7, 11) is 0. The third-order valence-corrected chi connectivity index (χ3v) is 6.97. The van der Waals surface area contributed by atoms with Crippen molar-refractivity contribution in [3.63, 3.8) is 0 Å². The molecule has 0 spiro atoms. The number of hydrogen-bond donors (Lipinski definition) is 0. The minimum atomic E-state index is -0.341. The highest BCUT2D eigenvalue weighted by Crippen LogP contribution is 2.29. The standard InChI is InChI=1S/C27H26FN5O2/c28-21-7-8-25-30-14-23(33(25)16-21)26-29-10-9-22(31-26)12-18-4-3-11-32(15-18)27(34)20-13-19-5-1-2-6-24(19)35-17-20/h1-2,5-10,14,16,18,20H,3-4,11-13,15,17H2/t18-,20?/m0/s1. The summed E-state index contributed by atoms with van der Waals surface area (Å²) in [6.07, 6.45) is 8.31. The molecule has 1 aromatic carbocycles. The largest absolute Gasteiger partial charge is 0.492 e. The lowest BCUT2D eigenvalue weighted by molar-refractivity contribution is -0.138. The Balaban J connectivity index is 1.15. The molecule has 2 aliphatic rings. The first kappa shape index (κ1) is 21.7. The van der Waals surface area contributed by atoms with Crippen LogP contribution in [0.25, 0.3) is 17.2 Å². The second kappa shape index (κ2) is 9.09. The summed E-state index contributed by atoms with van der Waals surface area (Å²) in [6.45, 7) is 1.94. The lowest BCUT2D eigenvalue weighted by atomic mass is 9.90. The number of benzene rings is 1. The predicted octanol–water partition coefficient (Wildman–Crippen LogP) is 3.96. The van der Waals surface area contributed by atoms with Crippen LogP contribution in [-0.4, -0.2) is 49.9 Å². The van der Waals surface area contributed by atoms with Crippen molar-refractivity contribution in [3.05, 3.63) is 78.1 Å². The molecule has 1 amide bonds. The molecular formula is C27H26FN5O2. The van der Waals surface area contributed by atoms with Gasteiger partial charge >= 0.3 is 0 Å². The van der Waals surface area contributed by atoms with Crippen LogP contribution in [0.2, 0.25) is 0 Å². The molecule has 6 rings (SSSR count). The number of halogens is 1. The van der Waals surface area contributed by atoms with E-state index in [2.05, 4.69) is 9.97 Å². The summed E-state index contributed by atoms with van der Waals surface area (Å²) >= 11 is 0. The van der Waals surface area contributed by atoms with Crippen molar-refractivity contribution in [1.82, 2.24) is 24.3 Å². The fourth-order valence-corrected chi connectivity index (χ4v) is 5.23. The Kier molecular flexibility index (Phi) is 5.64. The lowest BCUT2D eigenvalue weighted by Crippen LogP contribution is -2.46. The second-order valence-electron chi connectivity index (χ2n) is 9.41. The molecular weight excluding hydrogens is 445 g/mol. The van der Waals surface area contributed by atoms with Gasteiger partial charge in [-0.05, 0) is 61.4 Å². The van der Waals surface area contributed by atoms with Crippen molar-refractivity contribution in [2.24, 2.45) is 11.8 Å². The molecule has 3 aromatic heterocycles. The Morgan fingerprint density at radius 1 is 1.14 bits per heavy atom. The molecule has 1 fully saturated rings. The fraction of sp³-hybridized carbons (Fsp3) is 0.333. The van der Waals surface area contributed by atoms with Crippen molar-refractivity contribution in [1.29, 1.82) is 0 Å². The Morgan fingerprint density at radius 2 is 2.06 bits per heavy atom. The smallest absolute Gasteiger partial charge is 0.229 e. The number of pyridine rings is 1. The molecule has 0 aliphatic carbocycles. The summed E-state index contributed by atoms with van der Waals surface area (Å²) in [4.78, 5) is 28.8. The summed E-state index contributed by atoms with van der Waals surface area (Å²) < 4.78 is 21.3. The minimum absolute atomic E-state index is 0.134. The Morgan fingerprint density at radius 3 is 3.00 bits per heavy atom. The number of ether oxygens (including phenoxy) is 1. The average Bonchev–Trinajstić information content (AvgIpc) is 3.31. The van der Waals surface area contributed by atoms with Crippen LogP contribution in [0.1, 0.15) is 24.1 Å². The average molecular weight is 472 g/mol. The number of imidazole rings is 1. The van der Waals surface area contributed by atoms with E-state index in [0.717, 1.165) is 55.8 Å². The zero-order valence-electron chi connectivity index (χ0n) is 19.3. The van der Waals surface area contributed by atoms with Crippen molar-refractivity contribution in [3.8, 4) is 17.3 Å².